The molecule has 0 radical (unpaired) electrons. The molecule has 20 heavy (non-hydrogen) atoms. The summed E-state index contributed by atoms with van der Waals surface area (Å²) in [6.45, 7) is 2.14. The lowest BCUT2D eigenvalue weighted by Crippen LogP contribution is -2.03. The van der Waals surface area contributed by atoms with Crippen LogP contribution in [0.25, 0.3) is 0 Å². The van der Waals surface area contributed by atoms with E-state index >= 15 is 0 Å². The molecular formula is C15H17N2O2S-. The van der Waals surface area contributed by atoms with Crippen molar-refractivity contribution >= 4 is 22.6 Å². The molecule has 2 atom stereocenters. The monoisotopic (exact) mass is 289 g/mol. The summed E-state index contributed by atoms with van der Waals surface area (Å²) in [4.78, 5) is 0. The zero-order valence-corrected chi connectivity index (χ0v) is 12.0. The van der Waals surface area contributed by atoms with Crippen molar-refractivity contribution in [1.82, 2.24) is 0 Å². The van der Waals surface area contributed by atoms with E-state index in [1.807, 2.05) is 42.5 Å². The van der Waals surface area contributed by atoms with Gasteiger partial charge in [0.15, 0.2) is 0 Å². The Morgan fingerprint density at radius 3 is 2.60 bits per heavy atom. The summed E-state index contributed by atoms with van der Waals surface area (Å²) >= 11 is -2.29. The van der Waals surface area contributed by atoms with Crippen molar-refractivity contribution in [3.8, 4) is 0 Å². The zero-order valence-electron chi connectivity index (χ0n) is 11.2. The van der Waals surface area contributed by atoms with Gasteiger partial charge in [-0.1, -0.05) is 31.2 Å². The highest BCUT2D eigenvalue weighted by Gasteiger charge is 2.07. The second kappa shape index (κ2) is 6.54. The average Bonchev–Trinajstić information content (AvgIpc) is 2.39. The lowest BCUT2D eigenvalue weighted by Gasteiger charge is -2.14. The van der Waals surface area contributed by atoms with Crippen molar-refractivity contribution in [3.63, 3.8) is 0 Å². The minimum atomic E-state index is -2.29. The average molecular weight is 289 g/mol. The predicted octanol–water partition coefficient (Wildman–Crippen LogP) is 2.82. The van der Waals surface area contributed by atoms with E-state index in [2.05, 4.69) is 11.6 Å². The van der Waals surface area contributed by atoms with Crippen LogP contribution in [0.4, 0.5) is 11.4 Å². The number of nitrogens with one attached hydrogen (secondary N) is 1. The molecule has 5 heteroatoms. The Balaban J connectivity index is 2.09. The summed E-state index contributed by atoms with van der Waals surface area (Å²) in [7, 11) is 0. The summed E-state index contributed by atoms with van der Waals surface area (Å²) < 4.78 is 23.6. The van der Waals surface area contributed by atoms with Crippen molar-refractivity contribution < 1.29 is 8.76 Å². The van der Waals surface area contributed by atoms with Crippen LogP contribution in [-0.4, -0.2) is 8.76 Å². The molecule has 2 rings (SSSR count). The highest BCUT2D eigenvalue weighted by molar-refractivity contribution is 7.80. The molecule has 0 aromatic heterocycles. The molecule has 0 saturated carbocycles. The molecule has 0 spiro atoms. The largest absolute Gasteiger partial charge is 0.755 e. The van der Waals surface area contributed by atoms with Crippen molar-refractivity contribution in [3.05, 3.63) is 59.7 Å². The molecule has 2 aromatic rings. The van der Waals surface area contributed by atoms with E-state index in [1.54, 1.807) is 6.07 Å². The molecule has 0 heterocycles. The first-order valence-electron chi connectivity index (χ1n) is 6.35. The molecule has 3 N–H and O–H groups in total. The van der Waals surface area contributed by atoms with Crippen molar-refractivity contribution in [2.45, 2.75) is 19.3 Å². The van der Waals surface area contributed by atoms with Gasteiger partial charge in [0.2, 0.25) is 0 Å². The molecule has 0 aliphatic heterocycles. The van der Waals surface area contributed by atoms with E-state index in [1.165, 1.54) is 5.56 Å². The van der Waals surface area contributed by atoms with Gasteiger partial charge in [-0.3, -0.25) is 4.21 Å². The number of benzene rings is 2. The third-order valence-corrected chi connectivity index (χ3v) is 3.58. The number of nitrogens with two attached hydrogens (primary N) is 1. The fourth-order valence-electron chi connectivity index (χ4n) is 2.15. The van der Waals surface area contributed by atoms with Crippen LogP contribution in [0, 0.1) is 0 Å². The highest BCUT2D eigenvalue weighted by Crippen LogP contribution is 2.22. The fourth-order valence-corrected chi connectivity index (χ4v) is 2.47. The van der Waals surface area contributed by atoms with Crippen molar-refractivity contribution in [1.29, 1.82) is 0 Å². The molecular weight excluding hydrogens is 272 g/mol. The van der Waals surface area contributed by atoms with Crippen LogP contribution in [0.5, 0.6) is 0 Å². The molecule has 0 saturated heterocycles. The molecule has 2 unspecified atom stereocenters. The molecule has 0 amide bonds. The first-order chi connectivity index (χ1) is 9.54. The maximum absolute atomic E-state index is 10.6. The number of hydrogen-bond donors (Lipinski definition) is 2. The third kappa shape index (κ3) is 4.08. The van der Waals surface area contributed by atoms with Gasteiger partial charge < -0.3 is 15.0 Å². The normalized spacial score (nSPS) is 13.7. The number of nitrogen functional groups attached to an aromatic ring is 1. The number of rotatable bonds is 5. The maximum Gasteiger partial charge on any atom is 0.0455 e. The molecule has 106 valence electrons. The SMILES string of the molecule is CC(Cc1cccc(NS(=O)[O-])c1)c1ccc(N)cc1. The van der Waals surface area contributed by atoms with E-state index in [4.69, 9.17) is 5.73 Å². The molecule has 2 aromatic carbocycles. The Labute approximate surface area is 121 Å². The molecule has 0 fully saturated rings. The van der Waals surface area contributed by atoms with E-state index in [9.17, 15) is 8.76 Å². The quantitative estimate of drug-likeness (QED) is 0.656. The standard InChI is InChI=1S/C15H18N2O2S/c1-11(13-5-7-14(16)8-6-13)9-12-3-2-4-15(10-12)17-20(18)19/h2-8,10-11,17H,9,16H2,1H3,(H,18,19)/p-1. The zero-order chi connectivity index (χ0) is 14.5. The van der Waals surface area contributed by atoms with Crippen LogP contribution < -0.4 is 10.5 Å². The fraction of sp³-hybridized carbons (Fsp3) is 0.200. The van der Waals surface area contributed by atoms with Gasteiger partial charge in [-0.25, -0.2) is 0 Å². The summed E-state index contributed by atoms with van der Waals surface area (Å²) in [6.07, 6.45) is 0.838. The van der Waals surface area contributed by atoms with Gasteiger partial charge in [0, 0.05) is 22.6 Å². The first-order valence-corrected chi connectivity index (χ1v) is 7.42. The second-order valence-corrected chi connectivity index (χ2v) is 5.48. The van der Waals surface area contributed by atoms with Crippen molar-refractivity contribution in [2.24, 2.45) is 0 Å². The molecule has 0 bridgehead atoms. The number of hydrogen-bond acceptors (Lipinski definition) is 3. The van der Waals surface area contributed by atoms with Crippen molar-refractivity contribution in [2.75, 3.05) is 10.5 Å². The Hall–Kier alpha value is -1.85. The summed E-state index contributed by atoms with van der Waals surface area (Å²) in [6, 6.07) is 15.3. The minimum absolute atomic E-state index is 0.337. The topological polar surface area (TPSA) is 78.2 Å². The summed E-state index contributed by atoms with van der Waals surface area (Å²) in [5.41, 5.74) is 9.32. The summed E-state index contributed by atoms with van der Waals surface area (Å²) in [5.74, 6) is 0.337. The van der Waals surface area contributed by atoms with Crippen LogP contribution in [0.15, 0.2) is 48.5 Å². The molecule has 0 aliphatic carbocycles. The predicted molar refractivity (Wildman–Crippen MR) is 82.0 cm³/mol. The Morgan fingerprint density at radius 2 is 1.95 bits per heavy atom. The van der Waals surface area contributed by atoms with E-state index in [-0.39, 0.29) is 0 Å². The third-order valence-electron chi connectivity index (χ3n) is 3.18. The van der Waals surface area contributed by atoms with Gasteiger partial charge in [-0.05, 0) is 47.7 Å². The van der Waals surface area contributed by atoms with Crippen LogP contribution >= 0.6 is 0 Å². The first kappa shape index (κ1) is 14.6. The molecule has 4 nitrogen and oxygen atoms in total. The van der Waals surface area contributed by atoms with Gasteiger partial charge in [0.1, 0.15) is 0 Å². The van der Waals surface area contributed by atoms with Crippen LogP contribution in [0.3, 0.4) is 0 Å². The highest BCUT2D eigenvalue weighted by atomic mass is 32.2. The van der Waals surface area contributed by atoms with Gasteiger partial charge in [0.05, 0.1) is 0 Å². The Morgan fingerprint density at radius 1 is 1.25 bits per heavy atom. The lowest BCUT2D eigenvalue weighted by molar-refractivity contribution is 0.542. The smallest absolute Gasteiger partial charge is 0.0455 e. The molecule has 0 aliphatic rings. The Bertz CT molecular complexity index is 599. The van der Waals surface area contributed by atoms with E-state index in [0.29, 0.717) is 11.6 Å². The van der Waals surface area contributed by atoms with E-state index in [0.717, 1.165) is 17.7 Å². The van der Waals surface area contributed by atoms with Gasteiger partial charge in [-0.15, -0.1) is 0 Å². The lowest BCUT2D eigenvalue weighted by atomic mass is 9.93. The Kier molecular flexibility index (Phi) is 4.76. The van der Waals surface area contributed by atoms with Crippen LogP contribution in [0.2, 0.25) is 0 Å². The van der Waals surface area contributed by atoms with Gasteiger partial charge in [-0.2, -0.15) is 0 Å². The van der Waals surface area contributed by atoms with E-state index < -0.39 is 11.3 Å². The minimum Gasteiger partial charge on any atom is -0.755 e. The summed E-state index contributed by atoms with van der Waals surface area (Å²) in [5, 5.41) is 0. The van der Waals surface area contributed by atoms with Crippen LogP contribution in [0.1, 0.15) is 24.0 Å². The van der Waals surface area contributed by atoms with Gasteiger partial charge >= 0.3 is 0 Å². The maximum atomic E-state index is 10.6. The second-order valence-electron chi connectivity index (χ2n) is 4.81. The number of anilines is 2. The van der Waals surface area contributed by atoms with Crippen LogP contribution in [-0.2, 0) is 17.7 Å². The van der Waals surface area contributed by atoms with Gasteiger partial charge in [0.25, 0.3) is 0 Å².